The Labute approximate surface area is 117 Å². The quantitative estimate of drug-likeness (QED) is 0.758. The minimum absolute atomic E-state index is 0.248. The number of hydrogen-bond acceptors (Lipinski definition) is 2. The molecule has 1 saturated heterocycles. The molecule has 0 spiro atoms. The molecule has 2 rings (SSSR count). The van der Waals surface area contributed by atoms with Gasteiger partial charge in [-0.1, -0.05) is 22.0 Å². The van der Waals surface area contributed by atoms with Crippen LogP contribution in [-0.4, -0.2) is 18.5 Å². The maximum atomic E-state index is 12.1. The lowest BCUT2D eigenvalue weighted by Gasteiger charge is -2.09. The highest BCUT2D eigenvalue weighted by Gasteiger charge is 2.16. The highest BCUT2D eigenvalue weighted by atomic mass is 79.9. The standard InChI is InChI=1S/C15H19BrO2/c1-11-10-12(16)7-8-14(11)15(17)6-2-4-13-5-3-9-18-13/h7-8,10,13H,2-6,9H2,1H3. The molecule has 0 radical (unpaired) electrons. The van der Waals surface area contributed by atoms with Gasteiger partial charge in [-0.3, -0.25) is 4.79 Å². The first-order valence-corrected chi connectivity index (χ1v) is 7.37. The van der Waals surface area contributed by atoms with Crippen LogP contribution in [0.1, 0.15) is 48.0 Å². The lowest BCUT2D eigenvalue weighted by Crippen LogP contribution is -2.07. The van der Waals surface area contributed by atoms with Crippen molar-refractivity contribution in [1.29, 1.82) is 0 Å². The van der Waals surface area contributed by atoms with Gasteiger partial charge >= 0.3 is 0 Å². The molecular weight excluding hydrogens is 292 g/mol. The largest absolute Gasteiger partial charge is 0.378 e. The molecule has 3 heteroatoms. The zero-order valence-corrected chi connectivity index (χ0v) is 12.3. The molecule has 0 bridgehead atoms. The molecular formula is C15H19BrO2. The van der Waals surface area contributed by atoms with Crippen molar-refractivity contribution in [2.24, 2.45) is 0 Å². The number of ketones is 1. The Bertz CT molecular complexity index is 423. The Hall–Kier alpha value is -0.670. The van der Waals surface area contributed by atoms with Crippen molar-refractivity contribution in [2.45, 2.75) is 45.1 Å². The number of rotatable bonds is 5. The van der Waals surface area contributed by atoms with Crippen LogP contribution in [-0.2, 0) is 4.74 Å². The Morgan fingerprint density at radius 2 is 2.33 bits per heavy atom. The summed E-state index contributed by atoms with van der Waals surface area (Å²) in [6.07, 6.45) is 5.29. The number of halogens is 1. The van der Waals surface area contributed by atoms with Gasteiger partial charge in [0.05, 0.1) is 6.10 Å². The van der Waals surface area contributed by atoms with Crippen molar-refractivity contribution in [3.8, 4) is 0 Å². The van der Waals surface area contributed by atoms with Crippen molar-refractivity contribution in [3.05, 3.63) is 33.8 Å². The van der Waals surface area contributed by atoms with Crippen LogP contribution in [0.5, 0.6) is 0 Å². The summed E-state index contributed by atoms with van der Waals surface area (Å²) < 4.78 is 6.59. The molecule has 1 aliphatic rings. The molecule has 1 aromatic rings. The van der Waals surface area contributed by atoms with E-state index in [1.807, 2.05) is 25.1 Å². The number of benzene rings is 1. The third-order valence-electron chi connectivity index (χ3n) is 3.44. The third-order valence-corrected chi connectivity index (χ3v) is 3.94. The van der Waals surface area contributed by atoms with Crippen LogP contribution in [0.3, 0.4) is 0 Å². The Morgan fingerprint density at radius 3 is 3.00 bits per heavy atom. The Balaban J connectivity index is 1.83. The second-order valence-corrected chi connectivity index (χ2v) is 5.83. The van der Waals surface area contributed by atoms with Crippen LogP contribution >= 0.6 is 15.9 Å². The van der Waals surface area contributed by atoms with Gasteiger partial charge in [-0.05, 0) is 50.3 Å². The summed E-state index contributed by atoms with van der Waals surface area (Å²) in [5, 5.41) is 0. The van der Waals surface area contributed by atoms with Gasteiger partial charge in [-0.15, -0.1) is 0 Å². The van der Waals surface area contributed by atoms with E-state index < -0.39 is 0 Å². The van der Waals surface area contributed by atoms with Gasteiger partial charge in [0.1, 0.15) is 0 Å². The maximum Gasteiger partial charge on any atom is 0.163 e. The van der Waals surface area contributed by atoms with Crippen LogP contribution in [0.4, 0.5) is 0 Å². The molecule has 0 aliphatic carbocycles. The number of aryl methyl sites for hydroxylation is 1. The number of carbonyl (C=O) groups is 1. The van der Waals surface area contributed by atoms with E-state index in [0.29, 0.717) is 12.5 Å². The topological polar surface area (TPSA) is 26.3 Å². The van der Waals surface area contributed by atoms with Gasteiger partial charge in [0.2, 0.25) is 0 Å². The van der Waals surface area contributed by atoms with Crippen LogP contribution in [0, 0.1) is 6.92 Å². The van der Waals surface area contributed by atoms with E-state index in [1.165, 1.54) is 6.42 Å². The molecule has 1 atom stereocenters. The fraction of sp³-hybridized carbons (Fsp3) is 0.533. The van der Waals surface area contributed by atoms with Gasteiger partial charge in [0.15, 0.2) is 5.78 Å². The normalized spacial score (nSPS) is 19.1. The summed E-state index contributed by atoms with van der Waals surface area (Å²) in [6.45, 7) is 2.88. The number of carbonyl (C=O) groups excluding carboxylic acids is 1. The van der Waals surface area contributed by atoms with Gasteiger partial charge in [-0.2, -0.15) is 0 Å². The van der Waals surface area contributed by atoms with Crippen molar-refractivity contribution in [1.82, 2.24) is 0 Å². The summed E-state index contributed by atoms with van der Waals surface area (Å²) in [7, 11) is 0. The summed E-state index contributed by atoms with van der Waals surface area (Å²) in [4.78, 5) is 12.1. The average Bonchev–Trinajstić information content (AvgIpc) is 2.81. The minimum atomic E-state index is 0.248. The zero-order chi connectivity index (χ0) is 13.0. The lowest BCUT2D eigenvalue weighted by atomic mass is 9.99. The minimum Gasteiger partial charge on any atom is -0.378 e. The van der Waals surface area contributed by atoms with Crippen molar-refractivity contribution in [3.63, 3.8) is 0 Å². The first-order chi connectivity index (χ1) is 8.66. The van der Waals surface area contributed by atoms with Crippen molar-refractivity contribution in [2.75, 3.05) is 6.61 Å². The summed E-state index contributed by atoms with van der Waals surface area (Å²) in [6, 6.07) is 5.83. The second-order valence-electron chi connectivity index (χ2n) is 4.91. The first kappa shape index (κ1) is 13.8. The molecule has 1 fully saturated rings. The van der Waals surface area contributed by atoms with E-state index in [0.717, 1.165) is 41.5 Å². The predicted molar refractivity (Wildman–Crippen MR) is 76.0 cm³/mol. The van der Waals surface area contributed by atoms with Gasteiger partial charge in [0.25, 0.3) is 0 Å². The molecule has 1 unspecified atom stereocenters. The van der Waals surface area contributed by atoms with E-state index in [-0.39, 0.29) is 5.78 Å². The van der Waals surface area contributed by atoms with Gasteiger partial charge in [0, 0.05) is 23.1 Å². The molecule has 1 heterocycles. The summed E-state index contributed by atoms with van der Waals surface area (Å²) >= 11 is 3.41. The van der Waals surface area contributed by atoms with Crippen LogP contribution in [0.25, 0.3) is 0 Å². The zero-order valence-electron chi connectivity index (χ0n) is 10.7. The van der Waals surface area contributed by atoms with Gasteiger partial charge in [-0.25, -0.2) is 0 Å². The fourth-order valence-corrected chi connectivity index (χ4v) is 2.91. The third kappa shape index (κ3) is 3.66. The van der Waals surface area contributed by atoms with Crippen molar-refractivity contribution < 1.29 is 9.53 Å². The number of Topliss-reactive ketones (excluding diaryl/α,β-unsaturated/α-hetero) is 1. The highest BCUT2D eigenvalue weighted by molar-refractivity contribution is 9.10. The monoisotopic (exact) mass is 310 g/mol. The molecule has 0 N–H and O–H groups in total. The van der Waals surface area contributed by atoms with E-state index in [4.69, 9.17) is 4.74 Å². The van der Waals surface area contributed by atoms with E-state index >= 15 is 0 Å². The predicted octanol–water partition coefficient (Wildman–Crippen LogP) is 4.29. The second kappa shape index (κ2) is 6.48. The average molecular weight is 311 g/mol. The van der Waals surface area contributed by atoms with Crippen LogP contribution in [0.15, 0.2) is 22.7 Å². The fourth-order valence-electron chi connectivity index (χ4n) is 2.44. The first-order valence-electron chi connectivity index (χ1n) is 6.58. The molecule has 0 saturated carbocycles. The number of ether oxygens (including phenoxy) is 1. The maximum absolute atomic E-state index is 12.1. The van der Waals surface area contributed by atoms with Gasteiger partial charge < -0.3 is 4.74 Å². The molecule has 0 aromatic heterocycles. The van der Waals surface area contributed by atoms with E-state index in [9.17, 15) is 4.79 Å². The highest BCUT2D eigenvalue weighted by Crippen LogP contribution is 2.20. The van der Waals surface area contributed by atoms with E-state index in [2.05, 4.69) is 15.9 Å². The SMILES string of the molecule is Cc1cc(Br)ccc1C(=O)CCCC1CCCO1. The Kier molecular flexibility index (Phi) is 4.95. The molecule has 98 valence electrons. The molecule has 18 heavy (non-hydrogen) atoms. The lowest BCUT2D eigenvalue weighted by molar-refractivity contribution is 0.0922. The molecule has 2 nitrogen and oxygen atoms in total. The van der Waals surface area contributed by atoms with E-state index in [1.54, 1.807) is 0 Å². The molecule has 1 aliphatic heterocycles. The molecule has 0 amide bonds. The molecule has 1 aromatic carbocycles. The van der Waals surface area contributed by atoms with Crippen molar-refractivity contribution >= 4 is 21.7 Å². The number of hydrogen-bond donors (Lipinski definition) is 0. The Morgan fingerprint density at radius 1 is 1.50 bits per heavy atom. The smallest absolute Gasteiger partial charge is 0.163 e. The van der Waals surface area contributed by atoms with Crippen LogP contribution < -0.4 is 0 Å². The summed E-state index contributed by atoms with van der Waals surface area (Å²) in [5.41, 5.74) is 1.90. The summed E-state index contributed by atoms with van der Waals surface area (Å²) in [5.74, 6) is 0.248. The van der Waals surface area contributed by atoms with Crippen LogP contribution in [0.2, 0.25) is 0 Å².